The van der Waals surface area contributed by atoms with E-state index in [9.17, 15) is 23.7 Å². The molecule has 2 aromatic rings. The molecule has 0 saturated heterocycles. The summed E-state index contributed by atoms with van der Waals surface area (Å²) in [5.41, 5.74) is 0.579. The average Bonchev–Trinajstić information content (AvgIpc) is 2.61. The lowest BCUT2D eigenvalue weighted by atomic mass is 9.95. The summed E-state index contributed by atoms with van der Waals surface area (Å²) in [5, 5.41) is 11.1. The van der Waals surface area contributed by atoms with E-state index >= 15 is 0 Å². The number of benzene rings is 1. The van der Waals surface area contributed by atoms with Crippen molar-refractivity contribution in [2.24, 2.45) is 0 Å². The first-order valence-corrected chi connectivity index (χ1v) is 8.02. The van der Waals surface area contributed by atoms with Gasteiger partial charge in [-0.1, -0.05) is 13.0 Å². The van der Waals surface area contributed by atoms with Crippen molar-refractivity contribution in [1.29, 1.82) is 0 Å². The fourth-order valence-electron chi connectivity index (χ4n) is 2.57. The van der Waals surface area contributed by atoms with Gasteiger partial charge >= 0.3 is 5.97 Å². The van der Waals surface area contributed by atoms with E-state index in [-0.39, 0.29) is 30.0 Å². The Labute approximate surface area is 149 Å². The summed E-state index contributed by atoms with van der Waals surface area (Å²) in [5.74, 6) is -3.77. The number of aromatic nitrogens is 1. The van der Waals surface area contributed by atoms with E-state index in [1.54, 1.807) is 13.8 Å². The number of aryl methyl sites for hydroxylation is 1. The van der Waals surface area contributed by atoms with Crippen molar-refractivity contribution in [3.8, 4) is 11.1 Å². The molecule has 138 valence electrons. The minimum Gasteiger partial charge on any atom is -0.462 e. The number of hydrogen-bond acceptors (Lipinski definition) is 5. The van der Waals surface area contributed by atoms with Gasteiger partial charge in [-0.2, -0.15) is 8.78 Å². The van der Waals surface area contributed by atoms with Crippen molar-refractivity contribution >= 4 is 11.7 Å². The van der Waals surface area contributed by atoms with Gasteiger partial charge in [0.2, 0.25) is 0 Å². The highest BCUT2D eigenvalue weighted by Gasteiger charge is 2.31. The molecule has 1 aromatic carbocycles. The second-order valence-electron chi connectivity index (χ2n) is 5.65. The Hall–Kier alpha value is -2.90. The number of nitrogens with zero attached hydrogens (tertiary/aromatic N) is 2. The van der Waals surface area contributed by atoms with Crippen molar-refractivity contribution in [2.45, 2.75) is 33.1 Å². The Bertz CT molecular complexity index is 836. The van der Waals surface area contributed by atoms with Crippen LogP contribution in [0, 0.1) is 17.0 Å². The van der Waals surface area contributed by atoms with Crippen LogP contribution in [-0.4, -0.2) is 22.5 Å². The molecule has 8 heteroatoms. The van der Waals surface area contributed by atoms with E-state index in [2.05, 4.69) is 4.98 Å². The first-order chi connectivity index (χ1) is 12.2. The van der Waals surface area contributed by atoms with Gasteiger partial charge < -0.3 is 4.74 Å². The Balaban J connectivity index is 2.61. The van der Waals surface area contributed by atoms with Gasteiger partial charge in [-0.25, -0.2) is 4.79 Å². The molecular weight excluding hydrogens is 346 g/mol. The largest absolute Gasteiger partial charge is 0.462 e. The predicted molar refractivity (Wildman–Crippen MR) is 91.2 cm³/mol. The maximum Gasteiger partial charge on any atom is 0.339 e. The quantitative estimate of drug-likeness (QED) is 0.423. The van der Waals surface area contributed by atoms with Crippen LogP contribution in [0.15, 0.2) is 30.5 Å². The van der Waals surface area contributed by atoms with Crippen LogP contribution in [0.1, 0.15) is 41.9 Å². The molecule has 0 unspecified atom stereocenters. The van der Waals surface area contributed by atoms with E-state index in [1.807, 2.05) is 0 Å². The van der Waals surface area contributed by atoms with Crippen LogP contribution in [-0.2, 0) is 10.7 Å². The molecule has 0 N–H and O–H groups in total. The smallest absolute Gasteiger partial charge is 0.339 e. The number of halogens is 2. The summed E-state index contributed by atoms with van der Waals surface area (Å²) in [6, 6.07) is 5.04. The van der Waals surface area contributed by atoms with Gasteiger partial charge in [0.25, 0.3) is 11.6 Å². The number of nitro groups is 1. The zero-order valence-corrected chi connectivity index (χ0v) is 14.6. The molecule has 26 heavy (non-hydrogen) atoms. The number of carbonyl (C=O) groups excluding carboxylic acids is 1. The first kappa shape index (κ1) is 19.4. The van der Waals surface area contributed by atoms with E-state index in [0.29, 0.717) is 16.7 Å². The molecule has 0 spiro atoms. The fourth-order valence-corrected chi connectivity index (χ4v) is 2.57. The SMILES string of the molecule is CCOC(=O)c1cc([N+](=O)[O-])cc(C)c1-c1ccc(C(F)(F)CC)nc1. The molecule has 1 aromatic heterocycles. The summed E-state index contributed by atoms with van der Waals surface area (Å²) in [6.07, 6.45) is 0.847. The molecular formula is C18H18F2N2O4. The molecule has 6 nitrogen and oxygen atoms in total. The van der Waals surface area contributed by atoms with Crippen LogP contribution < -0.4 is 0 Å². The Kier molecular flexibility index (Phi) is 5.64. The molecule has 0 fully saturated rings. The minimum absolute atomic E-state index is 0.00430. The molecule has 0 amide bonds. The Morgan fingerprint density at radius 2 is 2.00 bits per heavy atom. The van der Waals surface area contributed by atoms with Crippen LogP contribution in [0.25, 0.3) is 11.1 Å². The lowest BCUT2D eigenvalue weighted by molar-refractivity contribution is -0.384. The highest BCUT2D eigenvalue weighted by molar-refractivity contribution is 5.99. The number of carbonyl (C=O) groups is 1. The normalized spacial score (nSPS) is 11.3. The van der Waals surface area contributed by atoms with Gasteiger partial charge in [0.05, 0.1) is 17.1 Å². The standard InChI is InChI=1S/C18H18F2N2O4/c1-4-18(19,20)15-7-6-12(10-21-15)16-11(3)8-13(22(24)25)9-14(16)17(23)26-5-2/h6-10H,4-5H2,1-3H3. The van der Waals surface area contributed by atoms with Gasteiger partial charge in [0, 0.05) is 35.9 Å². The zero-order valence-electron chi connectivity index (χ0n) is 14.6. The lowest BCUT2D eigenvalue weighted by Gasteiger charge is -2.15. The molecule has 0 aliphatic carbocycles. The van der Waals surface area contributed by atoms with Crippen LogP contribution in [0.4, 0.5) is 14.5 Å². The van der Waals surface area contributed by atoms with E-state index < -0.39 is 16.8 Å². The van der Waals surface area contributed by atoms with Crippen molar-refractivity contribution in [2.75, 3.05) is 6.61 Å². The number of alkyl halides is 2. The summed E-state index contributed by atoms with van der Waals surface area (Å²) < 4.78 is 32.4. The minimum atomic E-state index is -3.05. The van der Waals surface area contributed by atoms with Gasteiger partial charge in [0.15, 0.2) is 0 Å². The fraction of sp³-hybridized carbons (Fsp3) is 0.333. The first-order valence-electron chi connectivity index (χ1n) is 8.02. The second kappa shape index (κ2) is 7.55. The van der Waals surface area contributed by atoms with Gasteiger partial charge in [-0.05, 0) is 25.5 Å². The number of hydrogen-bond donors (Lipinski definition) is 0. The summed E-state index contributed by atoms with van der Waals surface area (Å²) in [7, 11) is 0. The Morgan fingerprint density at radius 1 is 1.31 bits per heavy atom. The maximum atomic E-state index is 13.7. The third-order valence-electron chi connectivity index (χ3n) is 3.90. The van der Waals surface area contributed by atoms with E-state index in [4.69, 9.17) is 4.74 Å². The van der Waals surface area contributed by atoms with Crippen LogP contribution in [0.3, 0.4) is 0 Å². The molecule has 1 heterocycles. The van der Waals surface area contributed by atoms with Crippen molar-refractivity contribution in [3.05, 3.63) is 57.4 Å². The van der Waals surface area contributed by atoms with E-state index in [1.165, 1.54) is 31.3 Å². The number of esters is 1. The lowest BCUT2D eigenvalue weighted by Crippen LogP contribution is -2.13. The summed E-state index contributed by atoms with van der Waals surface area (Å²) in [4.78, 5) is 26.5. The molecule has 0 aliphatic heterocycles. The van der Waals surface area contributed by atoms with Crippen LogP contribution in [0.5, 0.6) is 0 Å². The van der Waals surface area contributed by atoms with Crippen molar-refractivity contribution < 1.29 is 23.2 Å². The highest BCUT2D eigenvalue weighted by atomic mass is 19.3. The monoisotopic (exact) mass is 364 g/mol. The number of nitro benzene ring substituents is 1. The maximum absolute atomic E-state index is 13.7. The van der Waals surface area contributed by atoms with Crippen molar-refractivity contribution in [3.63, 3.8) is 0 Å². The summed E-state index contributed by atoms with van der Waals surface area (Å²) >= 11 is 0. The molecule has 0 aliphatic rings. The van der Waals surface area contributed by atoms with Crippen LogP contribution in [0.2, 0.25) is 0 Å². The molecule has 0 bridgehead atoms. The number of pyridine rings is 1. The van der Waals surface area contributed by atoms with Gasteiger partial charge in [-0.15, -0.1) is 0 Å². The molecule has 0 saturated carbocycles. The van der Waals surface area contributed by atoms with Crippen molar-refractivity contribution in [1.82, 2.24) is 4.98 Å². The van der Waals surface area contributed by atoms with Crippen LogP contribution >= 0.6 is 0 Å². The number of ether oxygens (including phenoxy) is 1. The predicted octanol–water partition coefficient (Wildman–Crippen LogP) is 4.64. The second-order valence-corrected chi connectivity index (χ2v) is 5.65. The third-order valence-corrected chi connectivity index (χ3v) is 3.90. The van der Waals surface area contributed by atoms with E-state index in [0.717, 1.165) is 6.07 Å². The molecule has 0 radical (unpaired) electrons. The zero-order chi connectivity index (χ0) is 19.5. The highest BCUT2D eigenvalue weighted by Crippen LogP contribution is 2.34. The average molecular weight is 364 g/mol. The van der Waals surface area contributed by atoms with Gasteiger partial charge in [0.1, 0.15) is 5.69 Å². The Morgan fingerprint density at radius 3 is 2.50 bits per heavy atom. The molecule has 0 atom stereocenters. The van der Waals surface area contributed by atoms with Gasteiger partial charge in [-0.3, -0.25) is 15.1 Å². The third kappa shape index (κ3) is 3.84. The summed E-state index contributed by atoms with van der Waals surface area (Å²) in [6.45, 7) is 4.67. The number of non-ortho nitro benzene ring substituents is 1. The number of rotatable bonds is 6. The topological polar surface area (TPSA) is 82.3 Å². The molecule has 2 rings (SSSR count).